The first-order valence-electron chi connectivity index (χ1n) is 8.68. The van der Waals surface area contributed by atoms with Crippen LogP contribution in [-0.2, 0) is 15.3 Å². The molecule has 2 rings (SSSR count). The number of nitrogens with zero attached hydrogens (tertiary/aromatic N) is 1. The van der Waals surface area contributed by atoms with Gasteiger partial charge in [-0.25, -0.2) is 4.79 Å². The van der Waals surface area contributed by atoms with Crippen LogP contribution in [0.25, 0.3) is 0 Å². The molecule has 1 saturated heterocycles. The third-order valence-electron chi connectivity index (χ3n) is 4.66. The smallest absolute Gasteiger partial charge is 0.326 e. The molecular weight excluding hydrogens is 354 g/mol. The number of amides is 1. The van der Waals surface area contributed by atoms with E-state index in [0.717, 1.165) is 5.75 Å². The Labute approximate surface area is 159 Å². The normalized spacial score (nSPS) is 21.6. The van der Waals surface area contributed by atoms with Gasteiger partial charge in [-0.05, 0) is 23.5 Å². The quantitative estimate of drug-likeness (QED) is 0.708. The summed E-state index contributed by atoms with van der Waals surface area (Å²) in [6.07, 6.45) is 0.509. The van der Waals surface area contributed by atoms with E-state index in [4.69, 9.17) is 0 Å². The molecular formula is C19H27NO3S2. The lowest BCUT2D eigenvalue weighted by molar-refractivity contribution is -0.149. The molecule has 1 aromatic rings. The van der Waals surface area contributed by atoms with Crippen LogP contribution in [0, 0.1) is 5.92 Å². The Bertz CT molecular complexity index is 603. The number of carboxylic acids is 1. The van der Waals surface area contributed by atoms with Crippen molar-refractivity contribution in [2.24, 2.45) is 5.92 Å². The monoisotopic (exact) mass is 381 g/mol. The first-order chi connectivity index (χ1) is 11.8. The van der Waals surface area contributed by atoms with Crippen molar-refractivity contribution in [1.82, 2.24) is 4.90 Å². The minimum atomic E-state index is -0.913. The number of carboxylic acid groups (broad SMARTS) is 1. The summed E-state index contributed by atoms with van der Waals surface area (Å²) < 4.78 is 0. The summed E-state index contributed by atoms with van der Waals surface area (Å²) in [7, 11) is 0. The van der Waals surface area contributed by atoms with Crippen LogP contribution in [0.3, 0.4) is 0 Å². The van der Waals surface area contributed by atoms with Gasteiger partial charge in [-0.3, -0.25) is 4.79 Å². The number of carbonyl (C=O) groups is 2. The molecule has 138 valence electrons. The number of aliphatic carboxylic acids is 1. The van der Waals surface area contributed by atoms with Crippen LogP contribution in [0.2, 0.25) is 0 Å². The van der Waals surface area contributed by atoms with Gasteiger partial charge in [-0.15, -0.1) is 0 Å². The molecule has 1 aromatic carbocycles. The molecule has 3 atom stereocenters. The van der Waals surface area contributed by atoms with Gasteiger partial charge < -0.3 is 10.0 Å². The lowest BCUT2D eigenvalue weighted by Crippen LogP contribution is -2.43. The minimum Gasteiger partial charge on any atom is -0.480 e. The third-order valence-corrected chi connectivity index (χ3v) is 6.52. The zero-order valence-corrected chi connectivity index (χ0v) is 16.7. The van der Waals surface area contributed by atoms with Gasteiger partial charge in [0.15, 0.2) is 0 Å². The van der Waals surface area contributed by atoms with Gasteiger partial charge in [0.05, 0.1) is 0 Å². The van der Waals surface area contributed by atoms with Crippen LogP contribution >= 0.6 is 24.4 Å². The van der Waals surface area contributed by atoms with E-state index in [2.05, 4.69) is 50.7 Å². The van der Waals surface area contributed by atoms with E-state index in [-0.39, 0.29) is 17.1 Å². The van der Waals surface area contributed by atoms with Crippen molar-refractivity contribution >= 4 is 36.3 Å². The number of thiol groups is 1. The van der Waals surface area contributed by atoms with E-state index in [1.807, 2.05) is 0 Å². The number of hydrogen-bond donors (Lipinski definition) is 2. The standard InChI is InChI=1S/C19H27NO3S2/c1-12(2)15-6-4-14(5-7-15)11-25-16-8-17(19(22)23)20(9-16)18(21)13(3)10-24/h4-7,12-13,16-17,24H,8-11H2,1-3H3,(H,22,23)/t13-,16+,17?/m1/s1. The Morgan fingerprint density at radius 3 is 2.44 bits per heavy atom. The first kappa shape index (κ1) is 20.2. The molecule has 1 fully saturated rings. The summed E-state index contributed by atoms with van der Waals surface area (Å²) in [6, 6.07) is 7.87. The first-order valence-corrected chi connectivity index (χ1v) is 10.4. The maximum atomic E-state index is 12.4. The fourth-order valence-electron chi connectivity index (χ4n) is 2.97. The molecule has 1 heterocycles. The van der Waals surface area contributed by atoms with Gasteiger partial charge in [0.25, 0.3) is 0 Å². The Balaban J connectivity index is 1.96. The van der Waals surface area contributed by atoms with E-state index in [9.17, 15) is 14.7 Å². The average molecular weight is 382 g/mol. The minimum absolute atomic E-state index is 0.105. The second-order valence-electron chi connectivity index (χ2n) is 6.99. The molecule has 1 unspecified atom stereocenters. The van der Waals surface area contributed by atoms with Gasteiger partial charge in [0.1, 0.15) is 6.04 Å². The van der Waals surface area contributed by atoms with Crippen molar-refractivity contribution in [1.29, 1.82) is 0 Å². The summed E-state index contributed by atoms with van der Waals surface area (Å²) in [6.45, 7) is 6.64. The number of benzene rings is 1. The van der Waals surface area contributed by atoms with E-state index < -0.39 is 12.0 Å². The van der Waals surface area contributed by atoms with Crippen molar-refractivity contribution in [2.75, 3.05) is 12.3 Å². The molecule has 6 heteroatoms. The molecule has 25 heavy (non-hydrogen) atoms. The molecule has 0 bridgehead atoms. The molecule has 1 aliphatic rings. The van der Waals surface area contributed by atoms with E-state index >= 15 is 0 Å². The zero-order chi connectivity index (χ0) is 18.6. The average Bonchev–Trinajstić information content (AvgIpc) is 3.03. The number of likely N-dealkylation sites (tertiary alicyclic amines) is 1. The van der Waals surface area contributed by atoms with Crippen LogP contribution in [0.5, 0.6) is 0 Å². The molecule has 0 spiro atoms. The van der Waals surface area contributed by atoms with Crippen LogP contribution < -0.4 is 0 Å². The third kappa shape index (κ3) is 5.17. The van der Waals surface area contributed by atoms with Gasteiger partial charge >= 0.3 is 5.97 Å². The second kappa shape index (κ2) is 8.99. The second-order valence-corrected chi connectivity index (χ2v) is 8.65. The molecule has 1 aliphatic heterocycles. The summed E-state index contributed by atoms with van der Waals surface area (Å²) in [5.41, 5.74) is 2.55. The fraction of sp³-hybridized carbons (Fsp3) is 0.579. The Hall–Kier alpha value is -1.14. The zero-order valence-electron chi connectivity index (χ0n) is 15.0. The molecule has 1 N–H and O–H groups in total. The largest absolute Gasteiger partial charge is 0.480 e. The number of carbonyl (C=O) groups excluding carboxylic acids is 1. The van der Waals surface area contributed by atoms with Crippen LogP contribution in [-0.4, -0.2) is 45.5 Å². The summed E-state index contributed by atoms with van der Waals surface area (Å²) in [5.74, 6) is 0.510. The molecule has 4 nitrogen and oxygen atoms in total. The number of hydrogen-bond acceptors (Lipinski definition) is 4. The molecule has 1 amide bonds. The molecule has 0 aliphatic carbocycles. The van der Waals surface area contributed by atoms with Gasteiger partial charge in [0, 0.05) is 29.2 Å². The van der Waals surface area contributed by atoms with Crippen molar-refractivity contribution in [3.8, 4) is 0 Å². The highest BCUT2D eigenvalue weighted by Gasteiger charge is 2.40. The highest BCUT2D eigenvalue weighted by atomic mass is 32.2. The maximum Gasteiger partial charge on any atom is 0.326 e. The van der Waals surface area contributed by atoms with E-state index in [1.165, 1.54) is 16.0 Å². The highest BCUT2D eigenvalue weighted by Crippen LogP contribution is 2.31. The van der Waals surface area contributed by atoms with Crippen LogP contribution in [0.1, 0.15) is 44.2 Å². The maximum absolute atomic E-state index is 12.4. The van der Waals surface area contributed by atoms with Crippen molar-refractivity contribution in [3.05, 3.63) is 35.4 Å². The number of rotatable bonds is 7. The molecule has 0 aromatic heterocycles. The van der Waals surface area contributed by atoms with Gasteiger partial charge in [-0.2, -0.15) is 24.4 Å². The summed E-state index contributed by atoms with van der Waals surface area (Å²) >= 11 is 5.90. The topological polar surface area (TPSA) is 57.6 Å². The van der Waals surface area contributed by atoms with E-state index in [1.54, 1.807) is 18.7 Å². The van der Waals surface area contributed by atoms with Gasteiger partial charge in [-0.1, -0.05) is 45.0 Å². The lowest BCUT2D eigenvalue weighted by atomic mass is 10.0. The van der Waals surface area contributed by atoms with Crippen molar-refractivity contribution in [3.63, 3.8) is 0 Å². The Kier molecular flexibility index (Phi) is 7.25. The molecule has 0 radical (unpaired) electrons. The van der Waals surface area contributed by atoms with Crippen LogP contribution in [0.4, 0.5) is 0 Å². The highest BCUT2D eigenvalue weighted by molar-refractivity contribution is 7.99. The van der Waals surface area contributed by atoms with Crippen molar-refractivity contribution < 1.29 is 14.7 Å². The van der Waals surface area contributed by atoms with Crippen molar-refractivity contribution in [2.45, 2.75) is 50.2 Å². The fourth-order valence-corrected chi connectivity index (χ4v) is 4.33. The summed E-state index contributed by atoms with van der Waals surface area (Å²) in [4.78, 5) is 25.5. The molecule has 0 saturated carbocycles. The SMILES string of the molecule is CC(C)c1ccc(CS[C@H]2CC(C(=O)O)N(C(=O)[C@H](C)CS)C2)cc1. The Morgan fingerprint density at radius 1 is 1.28 bits per heavy atom. The number of thioether (sulfide) groups is 1. The predicted molar refractivity (Wildman–Crippen MR) is 106 cm³/mol. The van der Waals surface area contributed by atoms with Crippen LogP contribution in [0.15, 0.2) is 24.3 Å². The van der Waals surface area contributed by atoms with Gasteiger partial charge in [0.2, 0.25) is 5.91 Å². The Morgan fingerprint density at radius 2 is 1.92 bits per heavy atom. The predicted octanol–water partition coefficient (Wildman–Crippen LogP) is 3.66. The van der Waals surface area contributed by atoms with E-state index in [0.29, 0.717) is 24.6 Å². The lowest BCUT2D eigenvalue weighted by Gasteiger charge is -2.24. The summed E-state index contributed by atoms with van der Waals surface area (Å²) in [5, 5.41) is 9.60.